The molecule has 0 saturated heterocycles. The predicted molar refractivity (Wildman–Crippen MR) is 92.3 cm³/mol. The molecule has 0 aromatic rings. The summed E-state index contributed by atoms with van der Waals surface area (Å²) in [7, 11) is 0. The van der Waals surface area contributed by atoms with Gasteiger partial charge in [0.1, 0.15) is 0 Å². The lowest BCUT2D eigenvalue weighted by Gasteiger charge is -2.39. The van der Waals surface area contributed by atoms with Crippen LogP contribution in [0.4, 0.5) is 0 Å². The standard InChI is InChI=1S/C17H32N2O2.ClH/c1-2-13-21-16(9-5-3-6-10-16)14-19-15(20)17(18)11-7-4-8-12-17;/h2-14,18H2,1H3,(H,19,20);1H. The van der Waals surface area contributed by atoms with Crippen molar-refractivity contribution >= 4 is 18.3 Å². The van der Waals surface area contributed by atoms with Crippen LogP contribution < -0.4 is 11.1 Å². The molecule has 0 aromatic heterocycles. The molecule has 1 amide bonds. The van der Waals surface area contributed by atoms with Gasteiger partial charge >= 0.3 is 0 Å². The van der Waals surface area contributed by atoms with Crippen LogP contribution in [-0.4, -0.2) is 30.2 Å². The molecule has 0 atom stereocenters. The molecule has 2 aliphatic carbocycles. The van der Waals surface area contributed by atoms with E-state index >= 15 is 0 Å². The highest BCUT2D eigenvalue weighted by atomic mass is 35.5. The summed E-state index contributed by atoms with van der Waals surface area (Å²) < 4.78 is 6.13. The number of nitrogens with two attached hydrogens (primary N) is 1. The van der Waals surface area contributed by atoms with Crippen molar-refractivity contribution in [1.29, 1.82) is 0 Å². The molecule has 2 aliphatic rings. The van der Waals surface area contributed by atoms with Crippen molar-refractivity contribution in [2.45, 2.75) is 88.7 Å². The smallest absolute Gasteiger partial charge is 0.240 e. The van der Waals surface area contributed by atoms with E-state index in [0.717, 1.165) is 51.6 Å². The summed E-state index contributed by atoms with van der Waals surface area (Å²) in [6, 6.07) is 0. The van der Waals surface area contributed by atoms with Gasteiger partial charge < -0.3 is 15.8 Å². The molecule has 0 heterocycles. The molecule has 0 unspecified atom stereocenters. The number of hydrogen-bond donors (Lipinski definition) is 2. The van der Waals surface area contributed by atoms with Gasteiger partial charge in [-0.05, 0) is 32.1 Å². The Labute approximate surface area is 141 Å². The molecule has 0 aromatic carbocycles. The Balaban J connectivity index is 0.00000242. The predicted octanol–water partition coefficient (Wildman–Crippen LogP) is 3.32. The van der Waals surface area contributed by atoms with Crippen LogP contribution >= 0.6 is 12.4 Å². The zero-order valence-electron chi connectivity index (χ0n) is 14.0. The van der Waals surface area contributed by atoms with Crippen molar-refractivity contribution in [2.24, 2.45) is 5.73 Å². The first-order valence-corrected chi connectivity index (χ1v) is 8.81. The van der Waals surface area contributed by atoms with E-state index < -0.39 is 5.54 Å². The van der Waals surface area contributed by atoms with Gasteiger partial charge in [0, 0.05) is 13.2 Å². The fraction of sp³-hybridized carbons (Fsp3) is 0.941. The topological polar surface area (TPSA) is 64.3 Å². The molecule has 0 radical (unpaired) electrons. The summed E-state index contributed by atoms with van der Waals surface area (Å²) in [5.74, 6) is 0.0345. The lowest BCUT2D eigenvalue weighted by molar-refractivity contribution is -0.130. The van der Waals surface area contributed by atoms with Crippen molar-refractivity contribution < 1.29 is 9.53 Å². The Morgan fingerprint density at radius 2 is 1.59 bits per heavy atom. The number of hydrogen-bond acceptors (Lipinski definition) is 3. The molecule has 5 heteroatoms. The molecule has 4 nitrogen and oxygen atoms in total. The van der Waals surface area contributed by atoms with Crippen molar-refractivity contribution in [3.63, 3.8) is 0 Å². The van der Waals surface area contributed by atoms with Crippen LogP contribution in [0.1, 0.15) is 77.6 Å². The Morgan fingerprint density at radius 1 is 1.05 bits per heavy atom. The van der Waals surface area contributed by atoms with E-state index in [1.54, 1.807) is 0 Å². The first-order valence-electron chi connectivity index (χ1n) is 8.81. The number of nitrogens with one attached hydrogen (secondary N) is 1. The number of carbonyl (C=O) groups excluding carboxylic acids is 1. The molecule has 2 saturated carbocycles. The summed E-state index contributed by atoms with van der Waals surface area (Å²) in [5.41, 5.74) is 5.52. The Hall–Kier alpha value is -0.320. The Bertz CT molecular complexity index is 338. The largest absolute Gasteiger partial charge is 0.373 e. The number of carbonyl (C=O) groups is 1. The molecule has 0 spiro atoms. The summed E-state index contributed by atoms with van der Waals surface area (Å²) in [4.78, 5) is 12.5. The molecule has 3 N–H and O–H groups in total. The summed E-state index contributed by atoms with van der Waals surface area (Å²) >= 11 is 0. The van der Waals surface area contributed by atoms with Crippen molar-refractivity contribution in [2.75, 3.05) is 13.2 Å². The van der Waals surface area contributed by atoms with E-state index in [9.17, 15) is 4.79 Å². The molecule has 0 bridgehead atoms. The minimum atomic E-state index is -0.640. The van der Waals surface area contributed by atoms with Gasteiger partial charge in [-0.2, -0.15) is 0 Å². The average molecular weight is 333 g/mol. The van der Waals surface area contributed by atoms with Crippen LogP contribution in [0.3, 0.4) is 0 Å². The van der Waals surface area contributed by atoms with Crippen LogP contribution in [0.5, 0.6) is 0 Å². The first kappa shape index (κ1) is 19.7. The third kappa shape index (κ3) is 5.10. The molecule has 2 fully saturated rings. The lowest BCUT2D eigenvalue weighted by Crippen LogP contribution is -2.58. The van der Waals surface area contributed by atoms with E-state index in [0.29, 0.717) is 6.54 Å². The Morgan fingerprint density at radius 3 is 2.14 bits per heavy atom. The number of rotatable bonds is 6. The van der Waals surface area contributed by atoms with E-state index in [1.165, 1.54) is 25.7 Å². The normalized spacial score (nSPS) is 23.4. The number of halogens is 1. The van der Waals surface area contributed by atoms with E-state index in [-0.39, 0.29) is 23.9 Å². The maximum absolute atomic E-state index is 12.5. The highest BCUT2D eigenvalue weighted by molar-refractivity contribution is 5.86. The quantitative estimate of drug-likeness (QED) is 0.784. The second-order valence-electron chi connectivity index (χ2n) is 6.99. The van der Waals surface area contributed by atoms with Gasteiger partial charge in [0.15, 0.2) is 0 Å². The summed E-state index contributed by atoms with van der Waals surface area (Å²) in [6.07, 6.45) is 11.8. The molecule has 0 aliphatic heterocycles. The van der Waals surface area contributed by atoms with E-state index in [4.69, 9.17) is 10.5 Å². The first-order chi connectivity index (χ1) is 10.1. The molecular formula is C17H33ClN2O2. The highest BCUT2D eigenvalue weighted by Crippen LogP contribution is 2.32. The van der Waals surface area contributed by atoms with Gasteiger partial charge in [-0.15, -0.1) is 12.4 Å². The van der Waals surface area contributed by atoms with Gasteiger partial charge in [-0.3, -0.25) is 4.79 Å². The van der Waals surface area contributed by atoms with Gasteiger partial charge in [-0.25, -0.2) is 0 Å². The van der Waals surface area contributed by atoms with E-state index in [2.05, 4.69) is 12.2 Å². The number of ether oxygens (including phenoxy) is 1. The van der Waals surface area contributed by atoms with Crippen LogP contribution in [0.2, 0.25) is 0 Å². The maximum atomic E-state index is 12.5. The Kier molecular flexibility index (Phi) is 8.15. The lowest BCUT2D eigenvalue weighted by atomic mass is 9.81. The summed E-state index contributed by atoms with van der Waals surface area (Å²) in [5, 5.41) is 3.12. The van der Waals surface area contributed by atoms with Crippen molar-refractivity contribution in [3.8, 4) is 0 Å². The van der Waals surface area contributed by atoms with Gasteiger partial charge in [0.2, 0.25) is 5.91 Å². The third-order valence-corrected chi connectivity index (χ3v) is 5.15. The van der Waals surface area contributed by atoms with Crippen molar-refractivity contribution in [1.82, 2.24) is 5.32 Å². The monoisotopic (exact) mass is 332 g/mol. The summed E-state index contributed by atoms with van der Waals surface area (Å²) in [6.45, 7) is 3.54. The van der Waals surface area contributed by atoms with Gasteiger partial charge in [-0.1, -0.05) is 45.4 Å². The van der Waals surface area contributed by atoms with E-state index in [1.807, 2.05) is 0 Å². The SMILES string of the molecule is CCCOC1(CNC(=O)C2(N)CCCCC2)CCCCC1.Cl. The molecule has 130 valence electrons. The third-order valence-electron chi connectivity index (χ3n) is 5.15. The highest BCUT2D eigenvalue weighted by Gasteiger charge is 2.38. The fourth-order valence-corrected chi connectivity index (χ4v) is 3.71. The van der Waals surface area contributed by atoms with Crippen LogP contribution in [-0.2, 0) is 9.53 Å². The maximum Gasteiger partial charge on any atom is 0.240 e. The zero-order valence-corrected chi connectivity index (χ0v) is 14.8. The van der Waals surface area contributed by atoms with Gasteiger partial charge in [0.05, 0.1) is 11.1 Å². The second kappa shape index (κ2) is 9.09. The van der Waals surface area contributed by atoms with Crippen molar-refractivity contribution in [3.05, 3.63) is 0 Å². The number of amides is 1. The zero-order chi connectivity index (χ0) is 15.2. The van der Waals surface area contributed by atoms with Crippen LogP contribution in [0.25, 0.3) is 0 Å². The molecule has 2 rings (SSSR count). The van der Waals surface area contributed by atoms with Crippen LogP contribution in [0.15, 0.2) is 0 Å². The van der Waals surface area contributed by atoms with Crippen LogP contribution in [0, 0.1) is 0 Å². The second-order valence-corrected chi connectivity index (χ2v) is 6.99. The van der Waals surface area contributed by atoms with Gasteiger partial charge in [0.25, 0.3) is 0 Å². The molecule has 22 heavy (non-hydrogen) atoms. The average Bonchev–Trinajstić information content (AvgIpc) is 2.52. The fourth-order valence-electron chi connectivity index (χ4n) is 3.71. The molecular weight excluding hydrogens is 300 g/mol. The minimum absolute atomic E-state index is 0. The minimum Gasteiger partial charge on any atom is -0.373 e.